The van der Waals surface area contributed by atoms with E-state index in [1.54, 1.807) is 12.4 Å². The Balaban J connectivity index is 2.34. The zero-order valence-electron chi connectivity index (χ0n) is 14.4. The van der Waals surface area contributed by atoms with E-state index in [9.17, 15) is 13.2 Å². The molecule has 2 nitrogen and oxygen atoms in total. The predicted octanol–water partition coefficient (Wildman–Crippen LogP) is 5.87. The number of nitrogens with zero attached hydrogens (tertiary/aromatic N) is 2. The van der Waals surface area contributed by atoms with Crippen molar-refractivity contribution in [3.8, 4) is 0 Å². The van der Waals surface area contributed by atoms with Crippen LogP contribution in [-0.4, -0.2) is 24.8 Å². The van der Waals surface area contributed by atoms with Gasteiger partial charge in [0.2, 0.25) is 0 Å². The number of alkyl halides is 3. The smallest absolute Gasteiger partial charge is 0.366 e. The fourth-order valence-electron chi connectivity index (χ4n) is 2.37. The molecule has 2 aromatic carbocycles. The van der Waals surface area contributed by atoms with Gasteiger partial charge in [0.25, 0.3) is 0 Å². The Labute approximate surface area is 150 Å². The highest BCUT2D eigenvalue weighted by Gasteiger charge is 2.30. The van der Waals surface area contributed by atoms with Gasteiger partial charge in [0.15, 0.2) is 0 Å². The molecule has 2 rings (SSSR count). The first-order valence-corrected chi connectivity index (χ1v) is 8.28. The van der Waals surface area contributed by atoms with Crippen molar-refractivity contribution >= 4 is 23.6 Å². The van der Waals surface area contributed by atoms with Crippen molar-refractivity contribution in [1.82, 2.24) is 4.90 Å². The molecule has 6 heteroatoms. The zero-order chi connectivity index (χ0) is 18.6. The molecule has 0 aliphatic carbocycles. The Morgan fingerprint density at radius 3 is 2.56 bits per heavy atom. The summed E-state index contributed by atoms with van der Waals surface area (Å²) in [5, 5.41) is 0.462. The summed E-state index contributed by atoms with van der Waals surface area (Å²) in [6.07, 6.45) is -2.35. The molecule has 0 radical (unpaired) electrons. The van der Waals surface area contributed by atoms with Crippen LogP contribution in [0, 0.1) is 6.92 Å². The third kappa shape index (κ3) is 5.23. The summed E-state index contributed by atoms with van der Waals surface area (Å²) in [6.45, 7) is 4.72. The highest BCUT2D eigenvalue weighted by Crippen LogP contribution is 2.33. The Kier molecular flexibility index (Phi) is 6.11. The normalized spacial score (nSPS) is 12.0. The fraction of sp³-hybridized carbons (Fsp3) is 0.316. The maximum Gasteiger partial charge on any atom is 0.416 e. The van der Waals surface area contributed by atoms with E-state index in [1.807, 2.05) is 37.9 Å². The third-order valence-electron chi connectivity index (χ3n) is 3.81. The highest BCUT2D eigenvalue weighted by atomic mass is 35.5. The van der Waals surface area contributed by atoms with Gasteiger partial charge in [-0.15, -0.1) is 0 Å². The molecule has 0 atom stereocenters. The van der Waals surface area contributed by atoms with Gasteiger partial charge in [0, 0.05) is 13.6 Å². The van der Waals surface area contributed by atoms with E-state index in [2.05, 4.69) is 4.99 Å². The first-order valence-electron chi connectivity index (χ1n) is 7.90. The summed E-state index contributed by atoms with van der Waals surface area (Å²) in [7, 11) is 1.90. The number of benzene rings is 2. The lowest BCUT2D eigenvalue weighted by molar-refractivity contribution is -0.137. The van der Waals surface area contributed by atoms with Crippen molar-refractivity contribution in [1.29, 1.82) is 0 Å². The minimum atomic E-state index is -4.35. The monoisotopic (exact) mass is 368 g/mol. The molecule has 0 amide bonds. The molecule has 0 unspecified atom stereocenters. The quantitative estimate of drug-likeness (QED) is 0.476. The molecule has 0 N–H and O–H groups in total. The molecular formula is C19H20ClF3N2. The molecule has 2 aromatic rings. The van der Waals surface area contributed by atoms with Crippen LogP contribution in [0.4, 0.5) is 18.9 Å². The maximum absolute atomic E-state index is 12.9. The van der Waals surface area contributed by atoms with Crippen molar-refractivity contribution in [2.24, 2.45) is 4.99 Å². The summed E-state index contributed by atoms with van der Waals surface area (Å²) in [6, 6.07) is 9.05. The first-order chi connectivity index (χ1) is 11.7. The SMILES string of the molecule is CCN(C)C=Nc1cc(C)cc(Cc2cccc(C(F)(F)F)c2)c1Cl. The van der Waals surface area contributed by atoms with Crippen LogP contribution in [0.3, 0.4) is 0 Å². The molecule has 25 heavy (non-hydrogen) atoms. The van der Waals surface area contributed by atoms with Crippen LogP contribution in [0.25, 0.3) is 0 Å². The summed E-state index contributed by atoms with van der Waals surface area (Å²) in [5.41, 5.74) is 2.23. The minimum Gasteiger partial charge on any atom is -0.366 e. The van der Waals surface area contributed by atoms with Crippen molar-refractivity contribution in [2.45, 2.75) is 26.4 Å². The Bertz CT molecular complexity index is 770. The molecule has 0 saturated heterocycles. The second-order valence-corrected chi connectivity index (χ2v) is 6.33. The van der Waals surface area contributed by atoms with Gasteiger partial charge in [-0.1, -0.05) is 35.9 Å². The number of aliphatic imine (C=N–C) groups is 1. The third-order valence-corrected chi connectivity index (χ3v) is 4.25. The Morgan fingerprint density at radius 1 is 1.20 bits per heavy atom. The molecular weight excluding hydrogens is 349 g/mol. The lowest BCUT2D eigenvalue weighted by Gasteiger charge is -2.12. The van der Waals surface area contributed by atoms with Gasteiger partial charge in [-0.05, 0) is 49.1 Å². The Morgan fingerprint density at radius 2 is 1.92 bits per heavy atom. The highest BCUT2D eigenvalue weighted by molar-refractivity contribution is 6.33. The molecule has 134 valence electrons. The van der Waals surface area contributed by atoms with Crippen LogP contribution in [0.5, 0.6) is 0 Å². The zero-order valence-corrected chi connectivity index (χ0v) is 15.1. The van der Waals surface area contributed by atoms with E-state index in [1.165, 1.54) is 6.07 Å². The van der Waals surface area contributed by atoms with Gasteiger partial charge in [-0.3, -0.25) is 0 Å². The van der Waals surface area contributed by atoms with Gasteiger partial charge in [-0.2, -0.15) is 13.2 Å². The number of hydrogen-bond acceptors (Lipinski definition) is 1. The van der Waals surface area contributed by atoms with Crippen LogP contribution in [0.15, 0.2) is 41.4 Å². The van der Waals surface area contributed by atoms with Gasteiger partial charge >= 0.3 is 6.18 Å². The van der Waals surface area contributed by atoms with Crippen LogP contribution >= 0.6 is 11.6 Å². The molecule has 0 fully saturated rings. The topological polar surface area (TPSA) is 15.6 Å². The predicted molar refractivity (Wildman–Crippen MR) is 96.9 cm³/mol. The molecule has 0 spiro atoms. The number of rotatable bonds is 5. The van der Waals surface area contributed by atoms with Crippen molar-refractivity contribution in [3.63, 3.8) is 0 Å². The minimum absolute atomic E-state index is 0.316. The molecule has 0 heterocycles. The molecule has 0 saturated carbocycles. The fourth-order valence-corrected chi connectivity index (χ4v) is 2.59. The molecule has 0 aromatic heterocycles. The lowest BCUT2D eigenvalue weighted by Crippen LogP contribution is -2.14. The maximum atomic E-state index is 12.9. The van der Waals surface area contributed by atoms with Crippen LogP contribution in [0.1, 0.15) is 29.2 Å². The Hall–Kier alpha value is -2.01. The number of halogens is 4. The van der Waals surface area contributed by atoms with Crippen molar-refractivity contribution < 1.29 is 13.2 Å². The molecule has 0 bridgehead atoms. The largest absolute Gasteiger partial charge is 0.416 e. The van der Waals surface area contributed by atoms with E-state index < -0.39 is 11.7 Å². The second kappa shape index (κ2) is 7.91. The van der Waals surface area contributed by atoms with E-state index in [0.717, 1.165) is 29.8 Å². The average molecular weight is 369 g/mol. The van der Waals surface area contributed by atoms with Gasteiger partial charge in [0.1, 0.15) is 0 Å². The first kappa shape index (κ1) is 19.3. The summed E-state index contributed by atoms with van der Waals surface area (Å²) in [5.74, 6) is 0. The van der Waals surface area contributed by atoms with Crippen LogP contribution in [0.2, 0.25) is 5.02 Å². The number of hydrogen-bond donors (Lipinski definition) is 0. The second-order valence-electron chi connectivity index (χ2n) is 5.95. The van der Waals surface area contributed by atoms with Crippen LogP contribution < -0.4 is 0 Å². The van der Waals surface area contributed by atoms with E-state index in [4.69, 9.17) is 11.6 Å². The average Bonchev–Trinajstić information content (AvgIpc) is 2.55. The van der Waals surface area contributed by atoms with Crippen LogP contribution in [-0.2, 0) is 12.6 Å². The summed E-state index contributed by atoms with van der Waals surface area (Å²) >= 11 is 6.43. The van der Waals surface area contributed by atoms with E-state index >= 15 is 0 Å². The molecule has 0 aliphatic rings. The van der Waals surface area contributed by atoms with Crippen molar-refractivity contribution in [3.05, 3.63) is 63.7 Å². The molecule has 0 aliphatic heterocycles. The van der Waals surface area contributed by atoms with E-state index in [-0.39, 0.29) is 0 Å². The van der Waals surface area contributed by atoms with Gasteiger partial charge < -0.3 is 4.90 Å². The standard InChI is InChI=1S/C19H20ClF3N2/c1-4-25(3)12-24-17-9-13(2)8-15(18(17)20)10-14-6-5-7-16(11-14)19(21,22)23/h5-9,11-12H,4,10H2,1-3H3. The summed E-state index contributed by atoms with van der Waals surface area (Å²) in [4.78, 5) is 6.29. The van der Waals surface area contributed by atoms with E-state index in [0.29, 0.717) is 22.7 Å². The summed E-state index contributed by atoms with van der Waals surface area (Å²) < 4.78 is 38.6. The lowest BCUT2D eigenvalue weighted by atomic mass is 10.0. The van der Waals surface area contributed by atoms with Crippen molar-refractivity contribution in [2.75, 3.05) is 13.6 Å². The van der Waals surface area contributed by atoms with Gasteiger partial charge in [-0.25, -0.2) is 4.99 Å². The van der Waals surface area contributed by atoms with Gasteiger partial charge in [0.05, 0.1) is 22.6 Å². The number of aryl methyl sites for hydroxylation is 1.